The number of aromatic nitrogens is 1. The largest absolute Gasteiger partial charge is 0.365 e. The number of rotatable bonds is 6. The summed E-state index contributed by atoms with van der Waals surface area (Å²) in [5, 5.41) is 14.5. The highest BCUT2D eigenvalue weighted by Crippen LogP contribution is 2.62. The van der Waals surface area contributed by atoms with Crippen molar-refractivity contribution in [3.63, 3.8) is 0 Å². The molecule has 1 saturated carbocycles. The molecule has 1 N–H and O–H groups in total. The topological polar surface area (TPSA) is 91.6 Å². The maximum absolute atomic E-state index is 13.6. The van der Waals surface area contributed by atoms with Crippen LogP contribution < -0.4 is 15.1 Å². The molecule has 0 unspecified atom stereocenters. The Kier molecular flexibility index (Phi) is 6.23. The molecule has 2 aromatic rings. The van der Waals surface area contributed by atoms with Gasteiger partial charge in [0.1, 0.15) is 17.3 Å². The zero-order valence-corrected chi connectivity index (χ0v) is 20.2. The summed E-state index contributed by atoms with van der Waals surface area (Å²) in [6.07, 6.45) is -2.46. The van der Waals surface area contributed by atoms with Crippen molar-refractivity contribution in [3.8, 4) is 0 Å². The number of nitro groups is 1. The quantitative estimate of drug-likeness (QED) is 0.317. The summed E-state index contributed by atoms with van der Waals surface area (Å²) in [6, 6.07) is 7.53. The second-order valence-corrected chi connectivity index (χ2v) is 10.2. The van der Waals surface area contributed by atoms with Crippen LogP contribution in [-0.2, 0) is 0 Å². The number of halogens is 4. The number of anilines is 3. The maximum atomic E-state index is 13.6. The Bertz CT molecular complexity index is 1230. The van der Waals surface area contributed by atoms with E-state index in [0.29, 0.717) is 12.2 Å². The average molecular weight is 522 g/mol. The molecule has 1 aromatic heterocycles. The number of hydrogen-bond acceptors (Lipinski definition) is 6. The summed E-state index contributed by atoms with van der Waals surface area (Å²) in [5.74, 6) is -2.98. The third kappa shape index (κ3) is 4.80. The van der Waals surface area contributed by atoms with Gasteiger partial charge in [0.05, 0.1) is 10.5 Å². The van der Waals surface area contributed by atoms with E-state index in [1.54, 1.807) is 28.9 Å². The predicted octanol–water partition coefficient (Wildman–Crippen LogP) is 5.27. The molecule has 3 fully saturated rings. The van der Waals surface area contributed by atoms with Gasteiger partial charge in [0.15, 0.2) is 0 Å². The third-order valence-corrected chi connectivity index (χ3v) is 7.79. The van der Waals surface area contributed by atoms with E-state index in [2.05, 4.69) is 10.3 Å². The number of hydrogen-bond donors (Lipinski definition) is 1. The molecule has 3 heterocycles. The lowest BCUT2D eigenvalue weighted by atomic mass is 9.94. The third-order valence-electron chi connectivity index (χ3n) is 7.79. The molecule has 0 spiro atoms. The Balaban J connectivity index is 1.40. The minimum atomic E-state index is -2.71. The van der Waals surface area contributed by atoms with E-state index in [9.17, 15) is 32.5 Å². The van der Waals surface area contributed by atoms with E-state index >= 15 is 0 Å². The van der Waals surface area contributed by atoms with Gasteiger partial charge in [-0.2, -0.15) is 0 Å². The van der Waals surface area contributed by atoms with Crippen molar-refractivity contribution in [1.82, 2.24) is 4.98 Å². The number of carbonyl (C=O) groups is 1. The number of fused-ring (bicyclic) bond motifs is 1. The lowest BCUT2D eigenvalue weighted by Gasteiger charge is -2.33. The van der Waals surface area contributed by atoms with Gasteiger partial charge in [0.2, 0.25) is 6.43 Å². The van der Waals surface area contributed by atoms with Crippen molar-refractivity contribution < 1.29 is 27.3 Å². The number of carbonyl (C=O) groups excluding carboxylic acids is 1. The summed E-state index contributed by atoms with van der Waals surface area (Å²) < 4.78 is 54.2. The number of nitrogens with one attached hydrogen (secondary N) is 1. The molecule has 12 heteroatoms. The van der Waals surface area contributed by atoms with Gasteiger partial charge in [-0.1, -0.05) is 6.07 Å². The average Bonchev–Trinajstić information content (AvgIpc) is 3.58. The lowest BCUT2D eigenvalue weighted by molar-refractivity contribution is -0.384. The minimum absolute atomic E-state index is 0.0434. The van der Waals surface area contributed by atoms with Crippen molar-refractivity contribution in [2.45, 2.75) is 45.0 Å². The van der Waals surface area contributed by atoms with Crippen LogP contribution in [0.4, 0.5) is 40.6 Å². The van der Waals surface area contributed by atoms with E-state index in [0.717, 1.165) is 5.56 Å². The SMILES string of the molecule is Cc1cc(NC(=O)c2cccc([N+](=O)[O-])c2N2CC[C@@]3(C(F)F)C[C@H]3C2)nc(N2CCC(F)(F)CC2)c1. The second-order valence-electron chi connectivity index (χ2n) is 10.2. The molecule has 8 nitrogen and oxygen atoms in total. The van der Waals surface area contributed by atoms with E-state index in [1.807, 2.05) is 0 Å². The molecular formula is C25H27F4N5O3. The van der Waals surface area contributed by atoms with Crippen LogP contribution in [-0.4, -0.2) is 54.3 Å². The van der Waals surface area contributed by atoms with Crippen LogP contribution in [0.3, 0.4) is 0 Å². The Morgan fingerprint density at radius 1 is 1.16 bits per heavy atom. The number of pyridine rings is 1. The van der Waals surface area contributed by atoms with Crippen molar-refractivity contribution in [3.05, 3.63) is 51.6 Å². The molecule has 1 amide bonds. The lowest BCUT2D eigenvalue weighted by Crippen LogP contribution is -2.39. The van der Waals surface area contributed by atoms with E-state index < -0.39 is 28.6 Å². The first-order chi connectivity index (χ1) is 17.5. The molecule has 0 radical (unpaired) electrons. The molecule has 2 saturated heterocycles. The second kappa shape index (κ2) is 9.14. The Labute approximate surface area is 210 Å². The number of nitro benzene ring substituents is 1. The monoisotopic (exact) mass is 521 g/mol. The zero-order valence-electron chi connectivity index (χ0n) is 20.2. The number of piperidine rings is 2. The van der Waals surface area contributed by atoms with Gasteiger partial charge in [-0.3, -0.25) is 14.9 Å². The first-order valence-electron chi connectivity index (χ1n) is 12.2. The smallest absolute Gasteiger partial charge is 0.293 e. The highest BCUT2D eigenvalue weighted by molar-refractivity contribution is 6.09. The molecule has 2 atom stereocenters. The molecule has 5 rings (SSSR count). The Morgan fingerprint density at radius 2 is 1.86 bits per heavy atom. The van der Waals surface area contributed by atoms with Crippen LogP contribution in [0.1, 0.15) is 41.6 Å². The first-order valence-corrected chi connectivity index (χ1v) is 12.2. The summed E-state index contributed by atoms with van der Waals surface area (Å²) in [4.78, 5) is 32.4. The normalized spacial score (nSPS) is 24.5. The number of nitrogens with zero attached hydrogens (tertiary/aromatic N) is 4. The Hall–Kier alpha value is -3.44. The van der Waals surface area contributed by atoms with Crippen molar-refractivity contribution in [2.75, 3.05) is 41.3 Å². The minimum Gasteiger partial charge on any atom is -0.365 e. The van der Waals surface area contributed by atoms with Crippen molar-refractivity contribution >= 4 is 28.9 Å². The number of amides is 1. The maximum Gasteiger partial charge on any atom is 0.293 e. The molecule has 1 aromatic carbocycles. The fraction of sp³-hybridized carbons (Fsp3) is 0.520. The van der Waals surface area contributed by atoms with Crippen LogP contribution in [0.25, 0.3) is 0 Å². The van der Waals surface area contributed by atoms with E-state index in [4.69, 9.17) is 0 Å². The van der Waals surface area contributed by atoms with Crippen LogP contribution in [0.5, 0.6) is 0 Å². The molecule has 3 aliphatic rings. The molecular weight excluding hydrogens is 494 g/mol. The van der Waals surface area contributed by atoms with E-state index in [-0.39, 0.29) is 74.1 Å². The predicted molar refractivity (Wildman–Crippen MR) is 130 cm³/mol. The van der Waals surface area contributed by atoms with Crippen LogP contribution in [0, 0.1) is 28.4 Å². The van der Waals surface area contributed by atoms with Crippen molar-refractivity contribution in [2.24, 2.45) is 11.3 Å². The van der Waals surface area contributed by atoms with Crippen LogP contribution in [0.15, 0.2) is 30.3 Å². The molecule has 0 bridgehead atoms. The van der Waals surface area contributed by atoms with Gasteiger partial charge in [0.25, 0.3) is 17.5 Å². The molecule has 37 heavy (non-hydrogen) atoms. The first kappa shape index (κ1) is 25.2. The summed E-state index contributed by atoms with van der Waals surface area (Å²) >= 11 is 0. The van der Waals surface area contributed by atoms with Crippen LogP contribution >= 0.6 is 0 Å². The van der Waals surface area contributed by atoms with Gasteiger partial charge >= 0.3 is 0 Å². The van der Waals surface area contributed by atoms with Gasteiger partial charge in [-0.05, 0) is 49.4 Å². The molecule has 1 aliphatic carbocycles. The molecule has 2 aliphatic heterocycles. The highest BCUT2D eigenvalue weighted by atomic mass is 19.3. The van der Waals surface area contributed by atoms with Gasteiger partial charge in [0, 0.05) is 50.5 Å². The fourth-order valence-electron chi connectivity index (χ4n) is 5.55. The van der Waals surface area contributed by atoms with Gasteiger partial charge < -0.3 is 15.1 Å². The summed E-state index contributed by atoms with van der Waals surface area (Å²) in [6.45, 7) is 2.43. The van der Waals surface area contributed by atoms with E-state index in [1.165, 1.54) is 18.2 Å². The molecule has 198 valence electrons. The number of para-hydroxylation sites is 1. The summed E-state index contributed by atoms with van der Waals surface area (Å²) in [7, 11) is 0. The highest BCUT2D eigenvalue weighted by Gasteiger charge is 2.62. The number of aryl methyl sites for hydroxylation is 1. The number of benzene rings is 1. The fourth-order valence-corrected chi connectivity index (χ4v) is 5.55. The van der Waals surface area contributed by atoms with Crippen molar-refractivity contribution in [1.29, 1.82) is 0 Å². The zero-order chi connectivity index (χ0) is 26.5. The van der Waals surface area contributed by atoms with Gasteiger partial charge in [-0.25, -0.2) is 22.5 Å². The van der Waals surface area contributed by atoms with Gasteiger partial charge in [-0.15, -0.1) is 0 Å². The Morgan fingerprint density at radius 3 is 2.51 bits per heavy atom. The summed E-state index contributed by atoms with van der Waals surface area (Å²) in [5.41, 5.74) is -0.397. The number of alkyl halides is 4. The standard InChI is InChI=1S/C25H27F4N5O3/c1-15-11-19(30-20(12-15)32-9-6-25(28,29)7-10-32)31-22(35)17-3-2-4-18(34(36)37)21(17)33-8-5-24(23(26)27)13-16(24)14-33/h2-4,11-12,16,23H,5-10,13-14H2,1H3,(H,30,31,35)/t16-,24+/m0/s1. The van der Waals surface area contributed by atoms with Crippen LogP contribution in [0.2, 0.25) is 0 Å².